The van der Waals surface area contributed by atoms with Crippen LogP contribution in [0.1, 0.15) is 45.7 Å². The number of hydrogen-bond donors (Lipinski definition) is 3. The summed E-state index contributed by atoms with van der Waals surface area (Å²) in [6, 6.07) is 3.65. The quantitative estimate of drug-likeness (QED) is 0.720. The predicted octanol–water partition coefficient (Wildman–Crippen LogP) is 2.75. The lowest BCUT2D eigenvalue weighted by molar-refractivity contribution is -0.144. The Kier molecular flexibility index (Phi) is 4.68. The lowest BCUT2D eigenvalue weighted by Crippen LogP contribution is -2.54. The number of carbonyl (C=O) groups is 3. The number of rotatable bonds is 2. The lowest BCUT2D eigenvalue weighted by atomic mass is 9.76. The molecule has 0 spiro atoms. The molecular weight excluding hydrogens is 318 g/mol. The van der Waals surface area contributed by atoms with Gasteiger partial charge in [-0.05, 0) is 71.7 Å². The van der Waals surface area contributed by atoms with E-state index in [1.165, 1.54) is 0 Å². The number of carbonyl (C=O) groups excluding carboxylic acids is 3. The second-order valence-electron chi connectivity index (χ2n) is 8.32. The summed E-state index contributed by atoms with van der Waals surface area (Å²) < 4.78 is 0. The van der Waals surface area contributed by atoms with Crippen LogP contribution in [0, 0.1) is 25.2 Å². The van der Waals surface area contributed by atoms with Gasteiger partial charge in [-0.3, -0.25) is 14.4 Å². The summed E-state index contributed by atoms with van der Waals surface area (Å²) in [4.78, 5) is 38.2. The van der Waals surface area contributed by atoms with E-state index >= 15 is 0 Å². The lowest BCUT2D eigenvalue weighted by Gasteiger charge is -2.33. The molecule has 0 saturated carbocycles. The zero-order valence-electron chi connectivity index (χ0n) is 16.0. The Balaban J connectivity index is 2.39. The fourth-order valence-corrected chi connectivity index (χ4v) is 2.84. The molecule has 6 nitrogen and oxygen atoms in total. The maximum absolute atomic E-state index is 12.7. The summed E-state index contributed by atoms with van der Waals surface area (Å²) in [6.07, 6.45) is 0. The van der Waals surface area contributed by atoms with E-state index in [0.717, 1.165) is 11.1 Å². The molecular formula is C19H27N3O3. The zero-order chi connectivity index (χ0) is 19.2. The Labute approximate surface area is 148 Å². The molecule has 0 bridgehead atoms. The molecule has 25 heavy (non-hydrogen) atoms. The first-order chi connectivity index (χ1) is 11.3. The van der Waals surface area contributed by atoms with Crippen LogP contribution in [-0.2, 0) is 14.4 Å². The molecule has 1 aliphatic heterocycles. The second-order valence-corrected chi connectivity index (χ2v) is 8.32. The number of nitrogens with one attached hydrogen (secondary N) is 3. The van der Waals surface area contributed by atoms with Gasteiger partial charge in [0.05, 0.1) is 16.8 Å². The van der Waals surface area contributed by atoms with Gasteiger partial charge >= 0.3 is 0 Å². The van der Waals surface area contributed by atoms with Gasteiger partial charge in [0.1, 0.15) is 5.92 Å². The fraction of sp³-hybridized carbons (Fsp3) is 0.526. The first-order valence-corrected chi connectivity index (χ1v) is 8.38. The largest absolute Gasteiger partial charge is 0.351 e. The molecule has 0 fully saturated rings. The molecule has 2 rings (SSSR count). The molecule has 0 radical (unpaired) electrons. The summed E-state index contributed by atoms with van der Waals surface area (Å²) in [7, 11) is 0. The van der Waals surface area contributed by atoms with Gasteiger partial charge in [0.15, 0.2) is 0 Å². The van der Waals surface area contributed by atoms with Crippen LogP contribution < -0.4 is 16.0 Å². The number of amides is 3. The van der Waals surface area contributed by atoms with E-state index in [0.29, 0.717) is 11.4 Å². The third kappa shape index (κ3) is 3.83. The molecule has 0 aromatic heterocycles. The third-order valence-corrected chi connectivity index (χ3v) is 4.47. The molecule has 0 saturated heterocycles. The molecule has 3 amide bonds. The van der Waals surface area contributed by atoms with Crippen LogP contribution in [0.4, 0.5) is 11.4 Å². The molecule has 1 aromatic rings. The van der Waals surface area contributed by atoms with Gasteiger partial charge in [0.25, 0.3) is 0 Å². The maximum Gasteiger partial charge on any atom is 0.238 e. The van der Waals surface area contributed by atoms with Crippen molar-refractivity contribution >= 4 is 29.1 Å². The molecule has 0 atom stereocenters. The Morgan fingerprint density at radius 3 is 1.68 bits per heavy atom. The molecule has 1 aliphatic rings. The minimum Gasteiger partial charge on any atom is -0.351 e. The van der Waals surface area contributed by atoms with Crippen LogP contribution >= 0.6 is 0 Å². The van der Waals surface area contributed by atoms with Gasteiger partial charge in [0, 0.05) is 5.54 Å². The van der Waals surface area contributed by atoms with Crippen LogP contribution in [0.15, 0.2) is 12.1 Å². The standard InChI is InChI=1S/C19H27N3O3/c1-10-8-12-13(9-11(10)2)21-16(24)14(15(23)20-12)19(6,7)17(25)22-18(3,4)5/h8-9,14H,1-7H3,(H,20,23)(H,21,24)(H,22,25). The summed E-state index contributed by atoms with van der Waals surface area (Å²) in [5.41, 5.74) is 1.47. The van der Waals surface area contributed by atoms with E-state index in [4.69, 9.17) is 0 Å². The first kappa shape index (κ1) is 19.0. The van der Waals surface area contributed by atoms with E-state index in [9.17, 15) is 14.4 Å². The molecule has 136 valence electrons. The smallest absolute Gasteiger partial charge is 0.238 e. The average molecular weight is 345 g/mol. The predicted molar refractivity (Wildman–Crippen MR) is 98.3 cm³/mol. The SMILES string of the molecule is Cc1cc2c(cc1C)NC(=O)C(C(C)(C)C(=O)NC(C)(C)C)C(=O)N2. The van der Waals surface area contributed by atoms with Crippen LogP contribution in [0.5, 0.6) is 0 Å². The van der Waals surface area contributed by atoms with Gasteiger partial charge in [-0.2, -0.15) is 0 Å². The van der Waals surface area contributed by atoms with E-state index in [1.807, 2.05) is 46.8 Å². The molecule has 0 aliphatic carbocycles. The monoisotopic (exact) mass is 345 g/mol. The van der Waals surface area contributed by atoms with Gasteiger partial charge in [0.2, 0.25) is 17.7 Å². The summed E-state index contributed by atoms with van der Waals surface area (Å²) in [5.74, 6) is -2.43. The van der Waals surface area contributed by atoms with E-state index in [1.54, 1.807) is 13.8 Å². The van der Waals surface area contributed by atoms with Crippen molar-refractivity contribution in [3.05, 3.63) is 23.3 Å². The van der Waals surface area contributed by atoms with Crippen molar-refractivity contribution in [2.45, 2.75) is 54.0 Å². The summed E-state index contributed by atoms with van der Waals surface area (Å²) in [6.45, 7) is 12.7. The van der Waals surface area contributed by atoms with Crippen LogP contribution in [-0.4, -0.2) is 23.3 Å². The summed E-state index contributed by atoms with van der Waals surface area (Å²) in [5, 5.41) is 8.44. The Morgan fingerprint density at radius 2 is 1.32 bits per heavy atom. The average Bonchev–Trinajstić information content (AvgIpc) is 2.53. The molecule has 1 aromatic carbocycles. The van der Waals surface area contributed by atoms with Gasteiger partial charge in [-0.25, -0.2) is 0 Å². The van der Waals surface area contributed by atoms with Gasteiger partial charge in [-0.1, -0.05) is 0 Å². The number of benzene rings is 1. The Hall–Kier alpha value is -2.37. The minimum absolute atomic E-state index is 0.339. The maximum atomic E-state index is 12.7. The summed E-state index contributed by atoms with van der Waals surface area (Å²) >= 11 is 0. The number of fused-ring (bicyclic) bond motifs is 1. The Bertz CT molecular complexity index is 702. The highest BCUT2D eigenvalue weighted by Crippen LogP contribution is 2.35. The Morgan fingerprint density at radius 1 is 0.920 bits per heavy atom. The highest BCUT2D eigenvalue weighted by molar-refractivity contribution is 6.18. The minimum atomic E-state index is -1.20. The van der Waals surface area contributed by atoms with E-state index in [2.05, 4.69) is 16.0 Å². The highest BCUT2D eigenvalue weighted by Gasteiger charge is 2.48. The number of aryl methyl sites for hydroxylation is 2. The van der Waals surface area contributed by atoms with Crippen molar-refractivity contribution in [3.63, 3.8) is 0 Å². The van der Waals surface area contributed by atoms with Crippen molar-refractivity contribution < 1.29 is 14.4 Å². The molecule has 1 heterocycles. The van der Waals surface area contributed by atoms with Crippen LogP contribution in [0.3, 0.4) is 0 Å². The normalized spacial score (nSPS) is 15.8. The molecule has 6 heteroatoms. The van der Waals surface area contributed by atoms with Crippen molar-refractivity contribution in [2.24, 2.45) is 11.3 Å². The van der Waals surface area contributed by atoms with E-state index in [-0.39, 0.29) is 5.91 Å². The van der Waals surface area contributed by atoms with Crippen LogP contribution in [0.25, 0.3) is 0 Å². The molecule has 0 unspecified atom stereocenters. The number of anilines is 2. The van der Waals surface area contributed by atoms with Crippen molar-refractivity contribution in [2.75, 3.05) is 10.6 Å². The second kappa shape index (κ2) is 6.17. The highest BCUT2D eigenvalue weighted by atomic mass is 16.2. The molecule has 3 N–H and O–H groups in total. The fourth-order valence-electron chi connectivity index (χ4n) is 2.84. The number of hydrogen-bond acceptors (Lipinski definition) is 3. The van der Waals surface area contributed by atoms with Crippen LogP contribution in [0.2, 0.25) is 0 Å². The van der Waals surface area contributed by atoms with Crippen molar-refractivity contribution in [1.82, 2.24) is 5.32 Å². The van der Waals surface area contributed by atoms with Crippen molar-refractivity contribution in [3.8, 4) is 0 Å². The zero-order valence-corrected chi connectivity index (χ0v) is 16.0. The van der Waals surface area contributed by atoms with Gasteiger partial charge < -0.3 is 16.0 Å². The van der Waals surface area contributed by atoms with Gasteiger partial charge in [-0.15, -0.1) is 0 Å². The third-order valence-electron chi connectivity index (χ3n) is 4.47. The topological polar surface area (TPSA) is 87.3 Å². The van der Waals surface area contributed by atoms with Crippen molar-refractivity contribution in [1.29, 1.82) is 0 Å². The van der Waals surface area contributed by atoms with E-state index < -0.39 is 28.7 Å². The first-order valence-electron chi connectivity index (χ1n) is 8.38.